The molecule has 0 saturated carbocycles. The van der Waals surface area contributed by atoms with Crippen LogP contribution < -0.4 is 10.2 Å². The van der Waals surface area contributed by atoms with Gasteiger partial charge in [0.2, 0.25) is 5.91 Å². The Kier molecular flexibility index (Phi) is 4.76. The number of pyridine rings is 2. The van der Waals surface area contributed by atoms with E-state index in [1.807, 2.05) is 55.3 Å². The van der Waals surface area contributed by atoms with Crippen LogP contribution in [0.2, 0.25) is 0 Å². The minimum atomic E-state index is -0.133. The van der Waals surface area contributed by atoms with Crippen molar-refractivity contribution in [3.05, 3.63) is 58.7 Å². The lowest BCUT2D eigenvalue weighted by Crippen LogP contribution is -2.30. The minimum Gasteiger partial charge on any atom is -0.350 e. The lowest BCUT2D eigenvalue weighted by molar-refractivity contribution is -0.114. The molecule has 24 heavy (non-hydrogen) atoms. The second-order valence-electron chi connectivity index (χ2n) is 5.63. The minimum absolute atomic E-state index is 0.133. The molecule has 3 aromatic rings. The molecule has 0 fully saturated rings. The van der Waals surface area contributed by atoms with Crippen LogP contribution in [-0.2, 0) is 4.79 Å². The molecule has 3 rings (SSSR count). The number of hydrogen-bond donors (Lipinski definition) is 1. The van der Waals surface area contributed by atoms with E-state index in [1.165, 1.54) is 0 Å². The van der Waals surface area contributed by atoms with Crippen LogP contribution in [0.1, 0.15) is 5.56 Å². The number of benzene rings is 1. The highest BCUT2D eigenvalue weighted by Gasteiger charge is 2.10. The quantitative estimate of drug-likeness (QED) is 0.743. The largest absolute Gasteiger partial charge is 0.350 e. The summed E-state index contributed by atoms with van der Waals surface area (Å²) in [5.74, 6) is 1.17. The van der Waals surface area contributed by atoms with Crippen molar-refractivity contribution in [1.29, 1.82) is 0 Å². The van der Waals surface area contributed by atoms with Gasteiger partial charge in [0, 0.05) is 23.1 Å². The molecule has 2 aromatic heterocycles. The van der Waals surface area contributed by atoms with Crippen LogP contribution in [0.3, 0.4) is 0 Å². The Hall–Kier alpha value is -2.47. The number of fused-ring (bicyclic) bond motifs is 1. The molecule has 2 heterocycles. The van der Waals surface area contributed by atoms with Gasteiger partial charge in [-0.2, -0.15) is 0 Å². The number of nitrogens with one attached hydrogen (secondary N) is 1. The highest BCUT2D eigenvalue weighted by molar-refractivity contribution is 9.10. The van der Waals surface area contributed by atoms with Crippen LogP contribution in [0.15, 0.2) is 53.1 Å². The number of nitrogens with zero attached hydrogens (tertiary/aromatic N) is 3. The van der Waals surface area contributed by atoms with E-state index in [9.17, 15) is 4.79 Å². The zero-order valence-corrected chi connectivity index (χ0v) is 15.0. The lowest BCUT2D eigenvalue weighted by Gasteiger charge is -2.18. The number of halogens is 1. The molecule has 6 heteroatoms. The fraction of sp³-hybridized carbons (Fsp3) is 0.167. The molecule has 0 spiro atoms. The summed E-state index contributed by atoms with van der Waals surface area (Å²) in [5, 5.41) is 3.84. The second-order valence-corrected chi connectivity index (χ2v) is 6.55. The zero-order chi connectivity index (χ0) is 17.1. The van der Waals surface area contributed by atoms with E-state index >= 15 is 0 Å². The van der Waals surface area contributed by atoms with Gasteiger partial charge in [0.25, 0.3) is 0 Å². The monoisotopic (exact) mass is 384 g/mol. The summed E-state index contributed by atoms with van der Waals surface area (Å²) < 4.78 is 1.02. The maximum atomic E-state index is 12.2. The van der Waals surface area contributed by atoms with Gasteiger partial charge in [-0.15, -0.1) is 0 Å². The van der Waals surface area contributed by atoms with Crippen molar-refractivity contribution in [1.82, 2.24) is 9.97 Å². The van der Waals surface area contributed by atoms with Crippen LogP contribution in [0.25, 0.3) is 10.9 Å². The first-order valence-electron chi connectivity index (χ1n) is 7.51. The van der Waals surface area contributed by atoms with Crippen molar-refractivity contribution in [3.63, 3.8) is 0 Å². The number of carbonyl (C=O) groups excluding carboxylic acids is 1. The lowest BCUT2D eigenvalue weighted by atomic mass is 10.2. The molecule has 0 unspecified atom stereocenters. The second kappa shape index (κ2) is 6.97. The molecular formula is C18H17BrN4O. The van der Waals surface area contributed by atoms with Crippen molar-refractivity contribution in [3.8, 4) is 0 Å². The molecule has 0 aliphatic rings. The number of amides is 1. The van der Waals surface area contributed by atoms with E-state index < -0.39 is 0 Å². The van der Waals surface area contributed by atoms with Crippen molar-refractivity contribution in [2.75, 3.05) is 23.8 Å². The first kappa shape index (κ1) is 16.4. The molecule has 0 aliphatic carbocycles. The molecule has 0 saturated heterocycles. The molecule has 1 amide bonds. The molecule has 1 N–H and O–H groups in total. The summed E-state index contributed by atoms with van der Waals surface area (Å²) in [6, 6.07) is 13.5. The Balaban J connectivity index is 1.69. The predicted molar refractivity (Wildman–Crippen MR) is 100 cm³/mol. The van der Waals surface area contributed by atoms with Gasteiger partial charge in [0.1, 0.15) is 11.6 Å². The first-order chi connectivity index (χ1) is 11.5. The fourth-order valence-electron chi connectivity index (χ4n) is 2.32. The van der Waals surface area contributed by atoms with E-state index in [4.69, 9.17) is 0 Å². The standard InChI is InChI=1S/C18H17BrN4O/c1-12-3-7-16(20-10-12)22-18(24)11-23(2)17-8-4-13-9-14(19)5-6-15(13)21-17/h3-10H,11H2,1-2H3,(H,20,22,24). The van der Waals surface area contributed by atoms with E-state index in [2.05, 4.69) is 31.2 Å². The summed E-state index contributed by atoms with van der Waals surface area (Å²) in [6.07, 6.45) is 1.72. The average Bonchev–Trinajstić information content (AvgIpc) is 2.56. The third kappa shape index (κ3) is 3.89. The smallest absolute Gasteiger partial charge is 0.245 e. The normalized spacial score (nSPS) is 10.6. The van der Waals surface area contributed by atoms with E-state index in [0.717, 1.165) is 26.8 Å². The van der Waals surface area contributed by atoms with E-state index in [1.54, 1.807) is 12.3 Å². The molecule has 5 nitrogen and oxygen atoms in total. The highest BCUT2D eigenvalue weighted by Crippen LogP contribution is 2.21. The number of aryl methyl sites for hydroxylation is 1. The number of aromatic nitrogens is 2. The number of hydrogen-bond acceptors (Lipinski definition) is 4. The fourth-order valence-corrected chi connectivity index (χ4v) is 2.70. The van der Waals surface area contributed by atoms with Crippen LogP contribution in [-0.4, -0.2) is 29.5 Å². The van der Waals surface area contributed by atoms with Gasteiger partial charge >= 0.3 is 0 Å². The molecule has 122 valence electrons. The van der Waals surface area contributed by atoms with Crippen LogP contribution in [0, 0.1) is 6.92 Å². The third-order valence-electron chi connectivity index (χ3n) is 3.59. The van der Waals surface area contributed by atoms with E-state index in [-0.39, 0.29) is 12.5 Å². The van der Waals surface area contributed by atoms with Gasteiger partial charge in [-0.25, -0.2) is 9.97 Å². The van der Waals surface area contributed by atoms with Gasteiger partial charge in [-0.1, -0.05) is 22.0 Å². The maximum absolute atomic E-state index is 12.2. The molecule has 1 aromatic carbocycles. The van der Waals surface area contributed by atoms with Gasteiger partial charge < -0.3 is 10.2 Å². The molecular weight excluding hydrogens is 368 g/mol. The van der Waals surface area contributed by atoms with Crippen LogP contribution >= 0.6 is 15.9 Å². The number of rotatable bonds is 4. The van der Waals surface area contributed by atoms with Gasteiger partial charge in [-0.05, 0) is 48.9 Å². The van der Waals surface area contributed by atoms with E-state index in [0.29, 0.717) is 5.82 Å². The molecule has 0 bridgehead atoms. The van der Waals surface area contributed by atoms with Gasteiger partial charge in [-0.3, -0.25) is 4.79 Å². The summed E-state index contributed by atoms with van der Waals surface area (Å²) in [5.41, 5.74) is 1.94. The Morgan fingerprint density at radius 1 is 1.21 bits per heavy atom. The summed E-state index contributed by atoms with van der Waals surface area (Å²) >= 11 is 3.45. The Morgan fingerprint density at radius 3 is 2.79 bits per heavy atom. The molecule has 0 atom stereocenters. The first-order valence-corrected chi connectivity index (χ1v) is 8.30. The topological polar surface area (TPSA) is 58.1 Å². The highest BCUT2D eigenvalue weighted by atomic mass is 79.9. The maximum Gasteiger partial charge on any atom is 0.245 e. The number of likely N-dealkylation sites (N-methyl/N-ethyl adjacent to an activating group) is 1. The Labute approximate surface area is 148 Å². The Bertz CT molecular complexity index is 880. The van der Waals surface area contributed by atoms with Gasteiger partial charge in [0.15, 0.2) is 0 Å². The predicted octanol–water partition coefficient (Wildman–Crippen LogP) is 3.78. The number of carbonyl (C=O) groups is 1. The molecule has 0 aliphatic heterocycles. The van der Waals surface area contributed by atoms with Crippen LogP contribution in [0.4, 0.5) is 11.6 Å². The molecule has 0 radical (unpaired) electrons. The van der Waals surface area contributed by atoms with Crippen molar-refractivity contribution < 1.29 is 4.79 Å². The number of anilines is 2. The average molecular weight is 385 g/mol. The summed E-state index contributed by atoms with van der Waals surface area (Å²) in [6.45, 7) is 2.15. The summed E-state index contributed by atoms with van der Waals surface area (Å²) in [7, 11) is 1.84. The third-order valence-corrected chi connectivity index (χ3v) is 4.08. The van der Waals surface area contributed by atoms with Crippen LogP contribution in [0.5, 0.6) is 0 Å². The van der Waals surface area contributed by atoms with Crippen molar-refractivity contribution in [2.45, 2.75) is 6.92 Å². The van der Waals surface area contributed by atoms with Crippen molar-refractivity contribution >= 4 is 44.4 Å². The SMILES string of the molecule is Cc1ccc(NC(=O)CN(C)c2ccc3cc(Br)ccc3n2)nc1. The summed E-state index contributed by atoms with van der Waals surface area (Å²) in [4.78, 5) is 22.7. The van der Waals surface area contributed by atoms with Crippen molar-refractivity contribution in [2.24, 2.45) is 0 Å². The van der Waals surface area contributed by atoms with Gasteiger partial charge in [0.05, 0.1) is 12.1 Å². The zero-order valence-electron chi connectivity index (χ0n) is 13.5. The Morgan fingerprint density at radius 2 is 2.04 bits per heavy atom.